The third-order valence-electron chi connectivity index (χ3n) is 5.92. The zero-order valence-corrected chi connectivity index (χ0v) is 15.2. The smallest absolute Gasteiger partial charge is 0.0635 e. The molecule has 4 heteroatoms. The molecule has 0 bridgehead atoms. The van der Waals surface area contributed by atoms with Gasteiger partial charge in [-0.25, -0.2) is 0 Å². The second-order valence-corrected chi connectivity index (χ2v) is 8.85. The first-order valence-electron chi connectivity index (χ1n) is 9.44. The van der Waals surface area contributed by atoms with Crippen LogP contribution in [0.5, 0.6) is 0 Å². The van der Waals surface area contributed by atoms with Gasteiger partial charge in [-0.15, -0.1) is 11.3 Å². The zero-order chi connectivity index (χ0) is 15.6. The number of rotatable bonds is 3. The lowest BCUT2D eigenvalue weighted by Gasteiger charge is -2.47. The predicted molar refractivity (Wildman–Crippen MR) is 96.2 cm³/mol. The lowest BCUT2D eigenvalue weighted by Crippen LogP contribution is -2.60. The molecule has 1 saturated carbocycles. The van der Waals surface area contributed by atoms with Crippen LogP contribution in [0.15, 0.2) is 12.1 Å². The normalized spacial score (nSPS) is 31.2. The highest BCUT2D eigenvalue weighted by Gasteiger charge is 2.33. The second kappa shape index (κ2) is 7.22. The van der Waals surface area contributed by atoms with Gasteiger partial charge < -0.3 is 4.74 Å². The molecule has 3 heterocycles. The maximum Gasteiger partial charge on any atom is 0.0635 e. The largest absolute Gasteiger partial charge is 0.378 e. The molecule has 4 rings (SSSR count). The average Bonchev–Trinajstić information content (AvgIpc) is 3.04. The first-order chi connectivity index (χ1) is 11.3. The Labute approximate surface area is 144 Å². The summed E-state index contributed by atoms with van der Waals surface area (Å²) in [5, 5.41) is 0. The molecule has 2 aliphatic heterocycles. The minimum atomic E-state index is 0.593. The van der Waals surface area contributed by atoms with E-state index in [9.17, 15) is 0 Å². The molecule has 2 saturated heterocycles. The first-order valence-corrected chi connectivity index (χ1v) is 10.3. The number of morpholine rings is 1. The third kappa shape index (κ3) is 3.65. The van der Waals surface area contributed by atoms with E-state index in [2.05, 4.69) is 40.2 Å². The summed E-state index contributed by atoms with van der Waals surface area (Å²) < 4.78 is 5.77. The van der Waals surface area contributed by atoms with E-state index in [1.54, 1.807) is 9.75 Å². The molecular weight excluding hydrogens is 304 g/mol. The van der Waals surface area contributed by atoms with Crippen molar-refractivity contribution in [1.82, 2.24) is 9.80 Å². The van der Waals surface area contributed by atoms with Gasteiger partial charge in [-0.1, -0.05) is 19.3 Å². The summed E-state index contributed by atoms with van der Waals surface area (Å²) in [6.45, 7) is 8.84. The van der Waals surface area contributed by atoms with Crippen molar-refractivity contribution in [3.05, 3.63) is 21.9 Å². The van der Waals surface area contributed by atoms with Gasteiger partial charge in [-0.05, 0) is 37.8 Å². The summed E-state index contributed by atoms with van der Waals surface area (Å²) in [7, 11) is 0. The highest BCUT2D eigenvalue weighted by Crippen LogP contribution is 2.36. The molecule has 3 fully saturated rings. The summed E-state index contributed by atoms with van der Waals surface area (Å²) in [4.78, 5) is 8.50. The molecular formula is C19H30N2OS. The lowest BCUT2D eigenvalue weighted by molar-refractivity contribution is -0.0764. The first kappa shape index (κ1) is 16.1. The van der Waals surface area contributed by atoms with Gasteiger partial charge in [0, 0.05) is 48.0 Å². The van der Waals surface area contributed by atoms with Gasteiger partial charge in [0.1, 0.15) is 0 Å². The van der Waals surface area contributed by atoms with Gasteiger partial charge in [0.15, 0.2) is 0 Å². The number of hydrogen-bond donors (Lipinski definition) is 0. The minimum absolute atomic E-state index is 0.593. The van der Waals surface area contributed by atoms with E-state index < -0.39 is 0 Å². The Morgan fingerprint density at radius 3 is 2.87 bits per heavy atom. The van der Waals surface area contributed by atoms with E-state index in [-0.39, 0.29) is 0 Å². The Bertz CT molecular complexity index is 511. The van der Waals surface area contributed by atoms with Gasteiger partial charge in [0.25, 0.3) is 0 Å². The molecule has 2 atom stereocenters. The van der Waals surface area contributed by atoms with Crippen molar-refractivity contribution in [3.63, 3.8) is 0 Å². The number of fused-ring (bicyclic) bond motifs is 1. The summed E-state index contributed by atoms with van der Waals surface area (Å²) in [6, 6.07) is 6.00. The molecule has 23 heavy (non-hydrogen) atoms. The van der Waals surface area contributed by atoms with Gasteiger partial charge in [-0.2, -0.15) is 0 Å². The van der Waals surface area contributed by atoms with Crippen molar-refractivity contribution in [1.29, 1.82) is 0 Å². The van der Waals surface area contributed by atoms with E-state index in [0.717, 1.165) is 25.7 Å². The van der Waals surface area contributed by atoms with Gasteiger partial charge in [-0.3, -0.25) is 9.80 Å². The molecule has 0 radical (unpaired) electrons. The van der Waals surface area contributed by atoms with E-state index in [4.69, 9.17) is 4.74 Å². The molecule has 3 aliphatic rings. The van der Waals surface area contributed by atoms with Crippen molar-refractivity contribution in [2.24, 2.45) is 0 Å². The SMILES string of the molecule is C[C@H]1COC[C@H]2CN(Cc3ccc(C4CCCCC4)s3)CCN21. The maximum absolute atomic E-state index is 5.77. The van der Waals surface area contributed by atoms with Crippen molar-refractivity contribution in [2.75, 3.05) is 32.8 Å². The quantitative estimate of drug-likeness (QED) is 0.838. The Morgan fingerprint density at radius 1 is 1.13 bits per heavy atom. The Morgan fingerprint density at radius 2 is 2.00 bits per heavy atom. The van der Waals surface area contributed by atoms with Crippen LogP contribution in [0.3, 0.4) is 0 Å². The van der Waals surface area contributed by atoms with Crippen LogP contribution in [0.4, 0.5) is 0 Å². The van der Waals surface area contributed by atoms with E-state index in [1.165, 1.54) is 51.7 Å². The summed E-state index contributed by atoms with van der Waals surface area (Å²) in [5.74, 6) is 0.854. The van der Waals surface area contributed by atoms with Gasteiger partial charge >= 0.3 is 0 Å². The zero-order valence-electron chi connectivity index (χ0n) is 14.4. The fraction of sp³-hybridized carbons (Fsp3) is 0.789. The molecule has 1 aromatic rings. The second-order valence-electron chi connectivity index (χ2n) is 7.65. The highest BCUT2D eigenvalue weighted by atomic mass is 32.1. The summed E-state index contributed by atoms with van der Waals surface area (Å²) >= 11 is 2.08. The Kier molecular flexibility index (Phi) is 5.04. The molecule has 0 amide bonds. The number of piperazine rings is 1. The fourth-order valence-electron chi connectivity index (χ4n) is 4.58. The highest BCUT2D eigenvalue weighted by molar-refractivity contribution is 7.12. The van der Waals surface area contributed by atoms with Crippen LogP contribution in [-0.2, 0) is 11.3 Å². The van der Waals surface area contributed by atoms with Crippen LogP contribution in [0.25, 0.3) is 0 Å². The van der Waals surface area contributed by atoms with E-state index in [1.807, 2.05) is 0 Å². The third-order valence-corrected chi connectivity index (χ3v) is 7.15. The Hall–Kier alpha value is -0.420. The average molecular weight is 335 g/mol. The number of thiophene rings is 1. The van der Waals surface area contributed by atoms with Crippen molar-refractivity contribution >= 4 is 11.3 Å². The number of ether oxygens (including phenoxy) is 1. The van der Waals surface area contributed by atoms with E-state index >= 15 is 0 Å². The Balaban J connectivity index is 1.34. The van der Waals surface area contributed by atoms with Gasteiger partial charge in [0.05, 0.1) is 13.2 Å². The molecule has 0 N–H and O–H groups in total. The topological polar surface area (TPSA) is 15.7 Å². The molecule has 128 valence electrons. The fourth-order valence-corrected chi connectivity index (χ4v) is 5.81. The molecule has 3 nitrogen and oxygen atoms in total. The summed E-state index contributed by atoms with van der Waals surface area (Å²) in [6.07, 6.45) is 7.13. The predicted octanol–water partition coefficient (Wildman–Crippen LogP) is 3.70. The molecule has 0 unspecified atom stereocenters. The molecule has 0 spiro atoms. The van der Waals surface area contributed by atoms with Gasteiger partial charge in [0.2, 0.25) is 0 Å². The lowest BCUT2D eigenvalue weighted by atomic mass is 9.88. The van der Waals surface area contributed by atoms with Crippen LogP contribution >= 0.6 is 11.3 Å². The van der Waals surface area contributed by atoms with E-state index in [0.29, 0.717) is 12.1 Å². The van der Waals surface area contributed by atoms with Crippen molar-refractivity contribution in [2.45, 2.75) is 63.6 Å². The number of hydrogen-bond acceptors (Lipinski definition) is 4. The molecule has 1 aromatic heterocycles. The number of nitrogens with zero attached hydrogens (tertiary/aromatic N) is 2. The van der Waals surface area contributed by atoms with Crippen LogP contribution in [-0.4, -0.2) is 54.7 Å². The molecule has 1 aliphatic carbocycles. The standard InChI is InChI=1S/C19H30N2OS/c1-15-13-22-14-17-11-20(9-10-21(15)17)12-18-7-8-19(23-18)16-5-3-2-4-6-16/h7-8,15-17H,2-6,9-14H2,1H3/t15-,17+/m0/s1. The summed E-state index contributed by atoms with van der Waals surface area (Å²) in [5.41, 5.74) is 0. The van der Waals surface area contributed by atoms with Crippen LogP contribution in [0.1, 0.15) is 54.7 Å². The van der Waals surface area contributed by atoms with Crippen molar-refractivity contribution < 1.29 is 4.74 Å². The maximum atomic E-state index is 5.77. The monoisotopic (exact) mass is 334 g/mol. The van der Waals surface area contributed by atoms with Crippen LogP contribution < -0.4 is 0 Å². The minimum Gasteiger partial charge on any atom is -0.378 e. The van der Waals surface area contributed by atoms with Crippen molar-refractivity contribution in [3.8, 4) is 0 Å². The van der Waals surface area contributed by atoms with Crippen LogP contribution in [0.2, 0.25) is 0 Å². The molecule has 0 aromatic carbocycles. The van der Waals surface area contributed by atoms with Crippen LogP contribution in [0, 0.1) is 0 Å².